The number of benzene rings is 4. The van der Waals surface area contributed by atoms with E-state index in [1.54, 1.807) is 12.4 Å². The molecule has 5 rings (SSSR count). The quantitative estimate of drug-likeness (QED) is 0.188. The van der Waals surface area contributed by atoms with Crippen molar-refractivity contribution >= 4 is 48.3 Å². The summed E-state index contributed by atoms with van der Waals surface area (Å²) in [6.07, 6.45) is 3.25. The van der Waals surface area contributed by atoms with Gasteiger partial charge in [-0.25, -0.2) is 20.0 Å². The molecule has 0 bridgehead atoms. The Morgan fingerprint density at radius 1 is 0.472 bits per heavy atom. The third kappa shape index (κ3) is 5.30. The summed E-state index contributed by atoms with van der Waals surface area (Å²) >= 11 is 9.38. The van der Waals surface area contributed by atoms with Crippen LogP contribution in [0.5, 0.6) is 0 Å². The second-order valence-electron chi connectivity index (χ2n) is 7.89. The summed E-state index contributed by atoms with van der Waals surface area (Å²) in [5, 5.41) is 0. The maximum atomic E-state index is 4.99. The fourth-order valence-corrected chi connectivity index (χ4v) is 4.33. The third-order valence-electron chi connectivity index (χ3n) is 5.51. The molecule has 4 aromatic carbocycles. The molecule has 0 atom stereocenters. The Hall–Kier alpha value is -4.00. The molecule has 0 amide bonds. The Labute approximate surface area is 221 Å². The fraction of sp³-hybridized carbons (Fsp3) is 0. The van der Waals surface area contributed by atoms with E-state index < -0.39 is 0 Å². The first-order valence-electron chi connectivity index (χ1n) is 11.4. The molecule has 0 unspecified atom stereocenters. The van der Waals surface area contributed by atoms with Crippen LogP contribution < -0.4 is 0 Å². The van der Waals surface area contributed by atoms with Crippen molar-refractivity contribution in [2.75, 3.05) is 0 Å². The Kier molecular flexibility index (Phi) is 7.36. The first-order valence-corrected chi connectivity index (χ1v) is 12.3. The number of nitrogens with zero attached hydrogens (tertiary/aromatic N) is 4. The average Bonchev–Trinajstić information content (AvgIpc) is 2.93. The highest BCUT2D eigenvalue weighted by atomic mass is 32.1. The van der Waals surface area contributed by atoms with Gasteiger partial charge in [-0.2, -0.15) is 0 Å². The molecular weight excluding hydrogens is 480 g/mol. The lowest BCUT2D eigenvalue weighted by molar-refractivity contribution is 1.15. The van der Waals surface area contributed by atoms with Gasteiger partial charge in [0.1, 0.15) is 0 Å². The van der Waals surface area contributed by atoms with Crippen molar-refractivity contribution in [1.29, 1.82) is 0 Å². The van der Waals surface area contributed by atoms with Gasteiger partial charge in [0.2, 0.25) is 0 Å². The zero-order valence-electron chi connectivity index (χ0n) is 19.2. The van der Waals surface area contributed by atoms with Gasteiger partial charge in [0, 0.05) is 44.4 Å². The molecule has 0 radical (unpaired) electrons. The van der Waals surface area contributed by atoms with Gasteiger partial charge < -0.3 is 0 Å². The standard InChI is InChI=1S/C30H22N4S2/c35-25-17-9-7-15-23(25)27(21-11-3-1-4-12-21)33-29-30(32-20-19-31-29)34-28(22-13-5-2-6-14-22)24-16-8-10-18-26(24)36/h1-20,35-36H. The Balaban J connectivity index is 1.72. The van der Waals surface area contributed by atoms with Crippen LogP contribution in [0.4, 0.5) is 11.6 Å². The van der Waals surface area contributed by atoms with Gasteiger partial charge >= 0.3 is 0 Å². The number of rotatable bonds is 6. The molecule has 1 heterocycles. The summed E-state index contributed by atoms with van der Waals surface area (Å²) < 4.78 is 0. The lowest BCUT2D eigenvalue weighted by Crippen LogP contribution is -2.06. The minimum Gasteiger partial charge on any atom is -0.232 e. The molecule has 1 aromatic heterocycles. The van der Waals surface area contributed by atoms with Crippen molar-refractivity contribution in [2.45, 2.75) is 9.79 Å². The molecule has 0 aliphatic rings. The summed E-state index contributed by atoms with van der Waals surface area (Å²) in [5.41, 5.74) is 5.18. The van der Waals surface area contributed by atoms with E-state index in [0.717, 1.165) is 43.5 Å². The van der Waals surface area contributed by atoms with Crippen molar-refractivity contribution in [3.8, 4) is 0 Å². The van der Waals surface area contributed by atoms with Gasteiger partial charge in [-0.15, -0.1) is 25.3 Å². The lowest BCUT2D eigenvalue weighted by atomic mass is 10.0. The molecule has 6 heteroatoms. The molecule has 0 aliphatic carbocycles. The third-order valence-corrected chi connectivity index (χ3v) is 6.29. The monoisotopic (exact) mass is 502 g/mol. The van der Waals surface area contributed by atoms with Gasteiger partial charge in [-0.1, -0.05) is 97.1 Å². The number of hydrogen-bond acceptors (Lipinski definition) is 6. The molecule has 0 saturated carbocycles. The highest BCUT2D eigenvalue weighted by molar-refractivity contribution is 7.80. The zero-order valence-corrected chi connectivity index (χ0v) is 21.0. The van der Waals surface area contributed by atoms with E-state index in [-0.39, 0.29) is 0 Å². The smallest absolute Gasteiger partial charge is 0.198 e. The highest BCUT2D eigenvalue weighted by Gasteiger charge is 2.15. The number of thiol groups is 2. The van der Waals surface area contributed by atoms with Gasteiger partial charge in [0.15, 0.2) is 11.6 Å². The Morgan fingerprint density at radius 2 is 0.833 bits per heavy atom. The number of aromatic nitrogens is 2. The molecule has 5 aromatic rings. The molecular formula is C30H22N4S2. The Morgan fingerprint density at radius 3 is 1.22 bits per heavy atom. The zero-order chi connectivity index (χ0) is 24.7. The van der Waals surface area contributed by atoms with Crippen LogP contribution in [0, 0.1) is 0 Å². The van der Waals surface area contributed by atoms with E-state index >= 15 is 0 Å². The molecule has 0 aliphatic heterocycles. The molecule has 0 saturated heterocycles. The van der Waals surface area contributed by atoms with Crippen molar-refractivity contribution in [2.24, 2.45) is 9.98 Å². The number of aliphatic imine (C=N–C) groups is 2. The van der Waals surface area contributed by atoms with Crippen LogP contribution >= 0.6 is 25.3 Å². The predicted octanol–water partition coefficient (Wildman–Crippen LogP) is 7.39. The molecule has 0 spiro atoms. The molecule has 4 nitrogen and oxygen atoms in total. The van der Waals surface area contributed by atoms with Crippen LogP contribution in [0.25, 0.3) is 0 Å². The van der Waals surface area contributed by atoms with Crippen LogP contribution in [-0.2, 0) is 0 Å². The second kappa shape index (κ2) is 11.2. The fourth-order valence-electron chi connectivity index (χ4n) is 3.79. The summed E-state index contributed by atoms with van der Waals surface area (Å²) in [5.74, 6) is 0.830. The van der Waals surface area contributed by atoms with Gasteiger partial charge in [0.25, 0.3) is 0 Å². The minimum atomic E-state index is 0.415. The maximum Gasteiger partial charge on any atom is 0.198 e. The summed E-state index contributed by atoms with van der Waals surface area (Å²) in [4.78, 5) is 20.7. The van der Waals surface area contributed by atoms with Crippen molar-refractivity contribution in [1.82, 2.24) is 9.97 Å². The van der Waals surface area contributed by atoms with Crippen molar-refractivity contribution < 1.29 is 0 Å². The molecule has 36 heavy (non-hydrogen) atoms. The van der Waals surface area contributed by atoms with Crippen LogP contribution in [0.3, 0.4) is 0 Å². The summed E-state index contributed by atoms with van der Waals surface area (Å²) in [6.45, 7) is 0. The van der Waals surface area contributed by atoms with E-state index in [0.29, 0.717) is 11.6 Å². The largest absolute Gasteiger partial charge is 0.232 e. The lowest BCUT2D eigenvalue weighted by Gasteiger charge is -2.12. The van der Waals surface area contributed by atoms with Crippen LogP contribution in [-0.4, -0.2) is 21.4 Å². The van der Waals surface area contributed by atoms with E-state index in [1.807, 2.05) is 109 Å². The average molecular weight is 503 g/mol. The van der Waals surface area contributed by atoms with Crippen LogP contribution in [0.15, 0.2) is 141 Å². The van der Waals surface area contributed by atoms with E-state index in [4.69, 9.17) is 9.98 Å². The summed E-state index contributed by atoms with van der Waals surface area (Å²) in [7, 11) is 0. The number of hydrogen-bond donors (Lipinski definition) is 2. The first kappa shape index (κ1) is 23.7. The topological polar surface area (TPSA) is 50.5 Å². The van der Waals surface area contributed by atoms with Crippen molar-refractivity contribution in [3.63, 3.8) is 0 Å². The van der Waals surface area contributed by atoms with E-state index in [9.17, 15) is 0 Å². The molecule has 0 N–H and O–H groups in total. The normalized spacial score (nSPS) is 11.9. The SMILES string of the molecule is Sc1ccccc1C(=Nc1nccnc1N=C(c1ccccc1)c1ccccc1S)c1ccccc1. The molecule has 174 valence electrons. The maximum absolute atomic E-state index is 4.99. The van der Waals surface area contributed by atoms with Crippen molar-refractivity contribution in [3.05, 3.63) is 144 Å². The predicted molar refractivity (Wildman–Crippen MR) is 153 cm³/mol. The highest BCUT2D eigenvalue weighted by Crippen LogP contribution is 2.29. The van der Waals surface area contributed by atoms with Crippen LogP contribution in [0.1, 0.15) is 22.3 Å². The van der Waals surface area contributed by atoms with Gasteiger partial charge in [0.05, 0.1) is 11.4 Å². The van der Waals surface area contributed by atoms with Crippen LogP contribution in [0.2, 0.25) is 0 Å². The van der Waals surface area contributed by atoms with E-state index in [1.165, 1.54) is 0 Å². The van der Waals surface area contributed by atoms with E-state index in [2.05, 4.69) is 35.2 Å². The van der Waals surface area contributed by atoms with Gasteiger partial charge in [-0.05, 0) is 12.1 Å². The van der Waals surface area contributed by atoms with Gasteiger partial charge in [-0.3, -0.25) is 0 Å². The second-order valence-corrected chi connectivity index (χ2v) is 8.85. The molecule has 0 fully saturated rings. The Bertz CT molecular complexity index is 1430. The summed E-state index contributed by atoms with van der Waals surface area (Å²) in [6, 6.07) is 35.7. The first-order chi connectivity index (χ1) is 17.7. The minimum absolute atomic E-state index is 0.415.